The van der Waals surface area contributed by atoms with E-state index in [1.54, 1.807) is 7.05 Å². The zero-order chi connectivity index (χ0) is 24.3. The number of benzene rings is 2. The summed E-state index contributed by atoms with van der Waals surface area (Å²) in [5.41, 5.74) is 3.34. The summed E-state index contributed by atoms with van der Waals surface area (Å²) in [4.78, 5) is 16.7. The summed E-state index contributed by atoms with van der Waals surface area (Å²) in [5.74, 6) is -0.00873. The number of rotatable bonds is 6. The summed E-state index contributed by atoms with van der Waals surface area (Å²) in [5, 5.41) is 9.45. The lowest BCUT2D eigenvalue weighted by Crippen LogP contribution is -2.50. The van der Waals surface area contributed by atoms with Crippen molar-refractivity contribution in [2.24, 2.45) is 10.3 Å². The van der Waals surface area contributed by atoms with E-state index in [9.17, 15) is 14.3 Å². The van der Waals surface area contributed by atoms with Gasteiger partial charge in [0, 0.05) is 32.1 Å². The molecule has 0 bridgehead atoms. The maximum Gasteiger partial charge on any atom is 0.241 e. The molecule has 180 valence electrons. The lowest BCUT2D eigenvalue weighted by molar-refractivity contribution is -0.137. The highest BCUT2D eigenvalue weighted by atomic mass is 32.2. The second-order valence-corrected chi connectivity index (χ2v) is 11.8. The molecule has 2 aromatic rings. The van der Waals surface area contributed by atoms with Crippen molar-refractivity contribution in [2.75, 3.05) is 13.6 Å². The highest BCUT2D eigenvalue weighted by Crippen LogP contribution is 2.34. The number of carbonyl (C=O) groups is 1. The summed E-state index contributed by atoms with van der Waals surface area (Å²) in [7, 11) is -1.30. The number of nitriles is 1. The van der Waals surface area contributed by atoms with Gasteiger partial charge in [0.15, 0.2) is 0 Å². The largest absolute Gasteiger partial charge is 0.334 e. The molecule has 1 amide bonds. The van der Waals surface area contributed by atoms with Crippen molar-refractivity contribution in [1.82, 2.24) is 9.21 Å². The van der Waals surface area contributed by atoms with Gasteiger partial charge < -0.3 is 4.90 Å². The van der Waals surface area contributed by atoms with Gasteiger partial charge in [-0.05, 0) is 63.6 Å². The Labute approximate surface area is 203 Å². The average Bonchev–Trinajstić information content (AvgIpc) is 3.53. The third-order valence-electron chi connectivity index (χ3n) is 7.17. The van der Waals surface area contributed by atoms with Crippen LogP contribution in [-0.2, 0) is 21.3 Å². The van der Waals surface area contributed by atoms with E-state index in [2.05, 4.69) is 34.7 Å². The SMILES string of the molecule is CN=[S@](=O)(c1ccc(C)cc1)N1CCC[C@H]1C(=O)N(Cc1ccc(C)cc1)[C@H]1CC[C@@H](C#N)C1. The van der Waals surface area contributed by atoms with Gasteiger partial charge in [0.05, 0.1) is 11.0 Å². The molecule has 0 spiro atoms. The molecule has 4 rings (SSSR count). The first-order chi connectivity index (χ1) is 16.4. The van der Waals surface area contributed by atoms with Gasteiger partial charge in [-0.3, -0.25) is 4.79 Å². The van der Waals surface area contributed by atoms with E-state index < -0.39 is 16.0 Å². The minimum atomic E-state index is -2.89. The van der Waals surface area contributed by atoms with Crippen molar-refractivity contribution in [3.8, 4) is 6.07 Å². The summed E-state index contributed by atoms with van der Waals surface area (Å²) in [6.07, 6.45) is 3.81. The molecule has 7 heteroatoms. The molecule has 6 nitrogen and oxygen atoms in total. The van der Waals surface area contributed by atoms with E-state index in [-0.39, 0.29) is 17.9 Å². The average molecular weight is 479 g/mol. The lowest BCUT2D eigenvalue weighted by Gasteiger charge is -2.35. The van der Waals surface area contributed by atoms with E-state index in [0.29, 0.717) is 30.8 Å². The van der Waals surface area contributed by atoms with E-state index in [1.165, 1.54) is 5.56 Å². The molecular weight excluding hydrogens is 444 g/mol. The monoisotopic (exact) mass is 478 g/mol. The quantitative estimate of drug-likeness (QED) is 0.595. The van der Waals surface area contributed by atoms with Gasteiger partial charge in [-0.15, -0.1) is 0 Å². The Balaban J connectivity index is 1.65. The second kappa shape index (κ2) is 10.3. The minimum Gasteiger partial charge on any atom is -0.334 e. The Morgan fingerprint density at radius 1 is 1.09 bits per heavy atom. The number of nitrogens with zero attached hydrogens (tertiary/aromatic N) is 4. The highest BCUT2D eigenvalue weighted by Gasteiger charge is 2.42. The van der Waals surface area contributed by atoms with Crippen molar-refractivity contribution >= 4 is 15.8 Å². The van der Waals surface area contributed by atoms with Gasteiger partial charge in [0.25, 0.3) is 0 Å². The van der Waals surface area contributed by atoms with Gasteiger partial charge in [0.2, 0.25) is 5.91 Å². The number of aryl methyl sites for hydroxylation is 2. The Morgan fingerprint density at radius 2 is 1.74 bits per heavy atom. The number of hydrogen-bond donors (Lipinski definition) is 0. The van der Waals surface area contributed by atoms with E-state index in [4.69, 9.17) is 0 Å². The standard InChI is InChI=1S/C27H34N4O2S/c1-20-6-10-22(11-7-20)19-30(24-13-12-23(17-24)18-28)27(32)26-5-4-16-31(26)34(33,29-3)25-14-8-21(2)9-15-25/h6-11,14-15,23-24,26H,4-5,12-13,16-17,19H2,1-3H3/t23-,24+,26+,34-/m1/s1. The van der Waals surface area contributed by atoms with Crippen LogP contribution in [0.3, 0.4) is 0 Å². The highest BCUT2D eigenvalue weighted by molar-refractivity contribution is 7.91. The van der Waals surface area contributed by atoms with Crippen LogP contribution in [-0.4, -0.2) is 45.0 Å². The Hall–Kier alpha value is -2.69. The zero-order valence-corrected chi connectivity index (χ0v) is 21.1. The smallest absolute Gasteiger partial charge is 0.241 e. The summed E-state index contributed by atoms with van der Waals surface area (Å²) >= 11 is 0. The first-order valence-electron chi connectivity index (χ1n) is 12.1. The van der Waals surface area contributed by atoms with Gasteiger partial charge >= 0.3 is 0 Å². The molecule has 4 atom stereocenters. The molecule has 1 saturated heterocycles. The molecular formula is C27H34N4O2S. The lowest BCUT2D eigenvalue weighted by atomic mass is 10.1. The van der Waals surface area contributed by atoms with Gasteiger partial charge in [-0.1, -0.05) is 47.5 Å². The second-order valence-electron chi connectivity index (χ2n) is 9.54. The molecule has 2 aliphatic rings. The summed E-state index contributed by atoms with van der Waals surface area (Å²) < 4.78 is 20.4. The van der Waals surface area contributed by atoms with Crippen LogP contribution in [0.15, 0.2) is 57.8 Å². The van der Waals surface area contributed by atoms with Gasteiger partial charge in [-0.25, -0.2) is 12.9 Å². The van der Waals surface area contributed by atoms with Gasteiger partial charge in [-0.2, -0.15) is 5.26 Å². The minimum absolute atomic E-state index is 0.00477. The fourth-order valence-electron chi connectivity index (χ4n) is 5.17. The molecule has 34 heavy (non-hydrogen) atoms. The fraction of sp³-hybridized carbons (Fsp3) is 0.481. The maximum absolute atomic E-state index is 14.2. The number of hydrogen-bond acceptors (Lipinski definition) is 4. The van der Waals surface area contributed by atoms with Crippen molar-refractivity contribution in [2.45, 2.75) is 69.5 Å². The van der Waals surface area contributed by atoms with E-state index >= 15 is 0 Å². The Bertz CT molecular complexity index is 1180. The molecule has 2 aromatic carbocycles. The predicted octanol–water partition coefficient (Wildman–Crippen LogP) is 4.86. The first kappa shape index (κ1) is 24.4. The Kier molecular flexibility index (Phi) is 7.39. The van der Waals surface area contributed by atoms with Crippen molar-refractivity contribution in [3.63, 3.8) is 0 Å². The van der Waals surface area contributed by atoms with Crippen molar-refractivity contribution in [3.05, 3.63) is 65.2 Å². The van der Waals surface area contributed by atoms with E-state index in [1.807, 2.05) is 47.3 Å². The van der Waals surface area contributed by atoms with E-state index in [0.717, 1.165) is 30.4 Å². The molecule has 1 aliphatic carbocycles. The van der Waals surface area contributed by atoms with Crippen LogP contribution >= 0.6 is 0 Å². The van der Waals surface area contributed by atoms with Crippen LogP contribution in [0, 0.1) is 31.1 Å². The maximum atomic E-state index is 14.2. The van der Waals surface area contributed by atoms with Crippen LogP contribution in [0.25, 0.3) is 0 Å². The van der Waals surface area contributed by atoms with Crippen LogP contribution in [0.4, 0.5) is 0 Å². The molecule has 0 unspecified atom stereocenters. The van der Waals surface area contributed by atoms with Crippen molar-refractivity contribution < 1.29 is 9.00 Å². The molecule has 0 radical (unpaired) electrons. The molecule has 1 aliphatic heterocycles. The van der Waals surface area contributed by atoms with Crippen LogP contribution in [0.2, 0.25) is 0 Å². The predicted molar refractivity (Wildman–Crippen MR) is 134 cm³/mol. The number of carbonyl (C=O) groups excluding carboxylic acids is 1. The van der Waals surface area contributed by atoms with Gasteiger partial charge in [0.1, 0.15) is 16.0 Å². The summed E-state index contributed by atoms with van der Waals surface area (Å²) in [6.45, 7) is 5.12. The molecule has 1 heterocycles. The van der Waals surface area contributed by atoms with Crippen LogP contribution in [0.1, 0.15) is 48.8 Å². The molecule has 0 N–H and O–H groups in total. The van der Waals surface area contributed by atoms with Crippen molar-refractivity contribution in [1.29, 1.82) is 5.26 Å². The van der Waals surface area contributed by atoms with Crippen LogP contribution < -0.4 is 0 Å². The zero-order valence-electron chi connectivity index (χ0n) is 20.3. The molecule has 2 fully saturated rings. The first-order valence-corrected chi connectivity index (χ1v) is 13.6. The number of amides is 1. The normalized spacial score (nSPS) is 24.4. The molecule has 0 aromatic heterocycles. The summed E-state index contributed by atoms with van der Waals surface area (Å²) in [6, 6.07) is 17.8. The molecule has 1 saturated carbocycles. The third-order valence-corrected chi connectivity index (χ3v) is 9.62. The van der Waals surface area contributed by atoms with Crippen LogP contribution in [0.5, 0.6) is 0 Å². The Morgan fingerprint density at radius 3 is 2.32 bits per heavy atom. The topological polar surface area (TPSA) is 76.8 Å². The third kappa shape index (κ3) is 4.89. The fourth-order valence-corrected chi connectivity index (χ4v) is 7.27.